The van der Waals surface area contributed by atoms with Gasteiger partial charge >= 0.3 is 5.97 Å². The van der Waals surface area contributed by atoms with Crippen molar-refractivity contribution >= 4 is 5.97 Å². The van der Waals surface area contributed by atoms with Crippen molar-refractivity contribution in [1.29, 1.82) is 0 Å². The molecule has 0 saturated carbocycles. The SMILES string of the molecule is C=CC(=O)OC(CCCCCN(C)C)N(C)C. The third-order valence-electron chi connectivity index (χ3n) is 2.55. The lowest BCUT2D eigenvalue weighted by Gasteiger charge is -2.23. The predicted octanol–water partition coefficient (Wildman–Crippen LogP) is 1.73. The number of hydrogen-bond donors (Lipinski definition) is 0. The van der Waals surface area contributed by atoms with Crippen LogP contribution in [0.15, 0.2) is 12.7 Å². The van der Waals surface area contributed by atoms with E-state index in [0.717, 1.165) is 25.8 Å². The zero-order valence-electron chi connectivity index (χ0n) is 11.6. The lowest BCUT2D eigenvalue weighted by atomic mass is 10.1. The van der Waals surface area contributed by atoms with Crippen LogP contribution in [0.4, 0.5) is 0 Å². The van der Waals surface area contributed by atoms with Crippen LogP contribution in [0.1, 0.15) is 25.7 Å². The molecule has 0 heterocycles. The van der Waals surface area contributed by atoms with Crippen molar-refractivity contribution in [3.8, 4) is 0 Å². The van der Waals surface area contributed by atoms with E-state index in [1.165, 1.54) is 12.5 Å². The van der Waals surface area contributed by atoms with Gasteiger partial charge in [0.2, 0.25) is 0 Å². The minimum Gasteiger partial charge on any atom is -0.443 e. The van der Waals surface area contributed by atoms with Gasteiger partial charge in [0.1, 0.15) is 0 Å². The number of carbonyl (C=O) groups excluding carboxylic acids is 1. The molecule has 0 radical (unpaired) electrons. The first-order valence-corrected chi connectivity index (χ1v) is 6.11. The maximum absolute atomic E-state index is 11.1. The molecule has 100 valence electrons. The first kappa shape index (κ1) is 16.1. The molecule has 0 aromatic heterocycles. The fraction of sp³-hybridized carbons (Fsp3) is 0.769. The van der Waals surface area contributed by atoms with Gasteiger partial charge in [-0.25, -0.2) is 4.79 Å². The Balaban J connectivity index is 3.78. The van der Waals surface area contributed by atoms with E-state index in [0.29, 0.717) is 0 Å². The Morgan fingerprint density at radius 1 is 1.24 bits per heavy atom. The normalized spacial score (nSPS) is 12.8. The van der Waals surface area contributed by atoms with Crippen LogP contribution in [0.5, 0.6) is 0 Å². The summed E-state index contributed by atoms with van der Waals surface area (Å²) in [5, 5.41) is 0. The van der Waals surface area contributed by atoms with Crippen molar-refractivity contribution in [2.24, 2.45) is 0 Å². The summed E-state index contributed by atoms with van der Waals surface area (Å²) in [6.07, 6.45) is 5.36. The lowest BCUT2D eigenvalue weighted by molar-refractivity contribution is -0.151. The summed E-state index contributed by atoms with van der Waals surface area (Å²) in [5.74, 6) is -0.350. The Labute approximate surface area is 105 Å². The summed E-state index contributed by atoms with van der Waals surface area (Å²) in [6.45, 7) is 4.51. The zero-order chi connectivity index (χ0) is 13.3. The Morgan fingerprint density at radius 3 is 2.35 bits per heavy atom. The number of hydrogen-bond acceptors (Lipinski definition) is 4. The lowest BCUT2D eigenvalue weighted by Crippen LogP contribution is -2.32. The van der Waals surface area contributed by atoms with E-state index >= 15 is 0 Å². The molecule has 4 nitrogen and oxygen atoms in total. The molecule has 0 fully saturated rings. The highest BCUT2D eigenvalue weighted by atomic mass is 16.6. The van der Waals surface area contributed by atoms with E-state index in [9.17, 15) is 4.79 Å². The van der Waals surface area contributed by atoms with Crippen LogP contribution >= 0.6 is 0 Å². The maximum Gasteiger partial charge on any atom is 0.331 e. The van der Waals surface area contributed by atoms with Crippen LogP contribution in [-0.4, -0.2) is 56.7 Å². The molecule has 0 amide bonds. The monoisotopic (exact) mass is 242 g/mol. The van der Waals surface area contributed by atoms with Crippen LogP contribution in [0.2, 0.25) is 0 Å². The van der Waals surface area contributed by atoms with Crippen LogP contribution < -0.4 is 0 Å². The van der Waals surface area contributed by atoms with Crippen LogP contribution in [0, 0.1) is 0 Å². The average Bonchev–Trinajstić information content (AvgIpc) is 2.26. The molecule has 0 aromatic rings. The fourth-order valence-electron chi connectivity index (χ4n) is 1.53. The number of unbranched alkanes of at least 4 members (excludes halogenated alkanes) is 2. The molecule has 0 spiro atoms. The van der Waals surface area contributed by atoms with Crippen molar-refractivity contribution in [2.75, 3.05) is 34.7 Å². The fourth-order valence-corrected chi connectivity index (χ4v) is 1.53. The smallest absolute Gasteiger partial charge is 0.331 e. The molecule has 4 heteroatoms. The molecule has 1 unspecified atom stereocenters. The Bertz CT molecular complexity index is 227. The number of ether oxygens (including phenoxy) is 1. The van der Waals surface area contributed by atoms with E-state index in [4.69, 9.17) is 4.74 Å². The summed E-state index contributed by atoms with van der Waals surface area (Å²) in [7, 11) is 7.99. The van der Waals surface area contributed by atoms with Gasteiger partial charge in [-0.05, 0) is 54.0 Å². The molecular weight excluding hydrogens is 216 g/mol. The molecule has 0 bridgehead atoms. The van der Waals surface area contributed by atoms with Gasteiger partial charge in [0.05, 0.1) is 0 Å². The molecule has 0 N–H and O–H groups in total. The maximum atomic E-state index is 11.1. The number of nitrogens with zero attached hydrogens (tertiary/aromatic N) is 2. The van der Waals surface area contributed by atoms with Gasteiger partial charge in [-0.15, -0.1) is 0 Å². The van der Waals surface area contributed by atoms with Crippen molar-refractivity contribution in [3.05, 3.63) is 12.7 Å². The standard InChI is InChI=1S/C13H26N2O2/c1-6-13(16)17-12(15(4)5)10-8-7-9-11-14(2)3/h6,12H,1,7-11H2,2-5H3. The van der Waals surface area contributed by atoms with Gasteiger partial charge < -0.3 is 9.64 Å². The van der Waals surface area contributed by atoms with E-state index in [2.05, 4.69) is 25.6 Å². The minimum atomic E-state index is -0.350. The van der Waals surface area contributed by atoms with E-state index in [-0.39, 0.29) is 12.2 Å². The highest BCUT2D eigenvalue weighted by Gasteiger charge is 2.14. The number of carbonyl (C=O) groups is 1. The summed E-state index contributed by atoms with van der Waals surface area (Å²) < 4.78 is 5.25. The Kier molecular flexibility index (Phi) is 8.72. The molecule has 17 heavy (non-hydrogen) atoms. The van der Waals surface area contributed by atoms with Gasteiger partial charge in [0, 0.05) is 6.08 Å². The highest BCUT2D eigenvalue weighted by molar-refractivity contribution is 5.81. The van der Waals surface area contributed by atoms with Crippen molar-refractivity contribution in [3.63, 3.8) is 0 Å². The zero-order valence-corrected chi connectivity index (χ0v) is 11.6. The molecule has 0 saturated heterocycles. The number of esters is 1. The molecular formula is C13H26N2O2. The summed E-state index contributed by atoms with van der Waals surface area (Å²) in [4.78, 5) is 15.2. The third-order valence-corrected chi connectivity index (χ3v) is 2.55. The largest absolute Gasteiger partial charge is 0.443 e. The van der Waals surface area contributed by atoms with Gasteiger partial charge in [-0.2, -0.15) is 0 Å². The van der Waals surface area contributed by atoms with Gasteiger partial charge in [-0.1, -0.05) is 13.0 Å². The molecule has 0 aliphatic carbocycles. The van der Waals surface area contributed by atoms with Crippen molar-refractivity contribution in [1.82, 2.24) is 9.80 Å². The second-order valence-corrected chi connectivity index (χ2v) is 4.71. The van der Waals surface area contributed by atoms with Gasteiger partial charge in [0.25, 0.3) is 0 Å². The topological polar surface area (TPSA) is 32.8 Å². The van der Waals surface area contributed by atoms with Gasteiger partial charge in [0.15, 0.2) is 6.23 Å². The first-order valence-electron chi connectivity index (χ1n) is 6.11. The van der Waals surface area contributed by atoms with E-state index in [1.807, 2.05) is 19.0 Å². The van der Waals surface area contributed by atoms with Gasteiger partial charge in [-0.3, -0.25) is 4.90 Å². The first-order chi connectivity index (χ1) is 7.97. The Hall–Kier alpha value is -0.870. The van der Waals surface area contributed by atoms with E-state index < -0.39 is 0 Å². The Morgan fingerprint density at radius 2 is 1.88 bits per heavy atom. The highest BCUT2D eigenvalue weighted by Crippen LogP contribution is 2.09. The summed E-state index contributed by atoms with van der Waals surface area (Å²) >= 11 is 0. The van der Waals surface area contributed by atoms with E-state index in [1.54, 1.807) is 0 Å². The quantitative estimate of drug-likeness (QED) is 0.267. The second kappa shape index (κ2) is 9.19. The second-order valence-electron chi connectivity index (χ2n) is 4.71. The molecule has 0 aromatic carbocycles. The minimum absolute atomic E-state index is 0.139. The molecule has 0 rings (SSSR count). The predicted molar refractivity (Wildman–Crippen MR) is 70.8 cm³/mol. The summed E-state index contributed by atoms with van der Waals surface area (Å²) in [5.41, 5.74) is 0. The average molecular weight is 242 g/mol. The number of rotatable bonds is 9. The van der Waals surface area contributed by atoms with Crippen molar-refractivity contribution in [2.45, 2.75) is 31.9 Å². The molecule has 1 atom stereocenters. The third kappa shape index (κ3) is 8.89. The van der Waals surface area contributed by atoms with Crippen LogP contribution in [-0.2, 0) is 9.53 Å². The molecule has 0 aliphatic rings. The summed E-state index contributed by atoms with van der Waals surface area (Å²) in [6, 6.07) is 0. The molecule has 0 aliphatic heterocycles. The van der Waals surface area contributed by atoms with Crippen molar-refractivity contribution < 1.29 is 9.53 Å². The van der Waals surface area contributed by atoms with Crippen LogP contribution in [0.25, 0.3) is 0 Å². The van der Waals surface area contributed by atoms with Crippen LogP contribution in [0.3, 0.4) is 0 Å².